The second-order valence-corrected chi connectivity index (χ2v) is 5.09. The van der Waals surface area contributed by atoms with E-state index < -0.39 is 0 Å². The van der Waals surface area contributed by atoms with E-state index in [0.29, 0.717) is 12.5 Å². The van der Waals surface area contributed by atoms with E-state index in [2.05, 4.69) is 42.5 Å². The van der Waals surface area contributed by atoms with Crippen molar-refractivity contribution >= 4 is 0 Å². The van der Waals surface area contributed by atoms with Crippen LogP contribution in [-0.4, -0.2) is 9.55 Å². The Bertz CT molecular complexity index is 500. The van der Waals surface area contributed by atoms with Gasteiger partial charge in [-0.05, 0) is 30.0 Å². The minimum Gasteiger partial charge on any atom is -0.487 e. The van der Waals surface area contributed by atoms with Crippen LogP contribution < -0.4 is 4.74 Å². The normalized spacial score (nSPS) is 10.9. The highest BCUT2D eigenvalue weighted by Gasteiger charge is 2.03. The first-order valence-corrected chi connectivity index (χ1v) is 6.92. The number of nitrogens with zero attached hydrogens (tertiary/aromatic N) is 2. The molecule has 1 aromatic heterocycles. The molecule has 0 radical (unpaired) electrons. The third-order valence-corrected chi connectivity index (χ3v) is 3.20. The molecule has 0 atom stereocenters. The molecule has 0 unspecified atom stereocenters. The van der Waals surface area contributed by atoms with Gasteiger partial charge in [0.2, 0.25) is 0 Å². The number of rotatable bonds is 6. The molecule has 102 valence electrons. The van der Waals surface area contributed by atoms with Gasteiger partial charge in [-0.2, -0.15) is 0 Å². The zero-order chi connectivity index (χ0) is 13.7. The first kappa shape index (κ1) is 13.7. The lowest BCUT2D eigenvalue weighted by Gasteiger charge is -2.10. The predicted octanol–water partition coefficient (Wildman–Crippen LogP) is 4.00. The number of aryl methyl sites for hydroxylation is 1. The van der Waals surface area contributed by atoms with Crippen molar-refractivity contribution in [3.05, 3.63) is 48.0 Å². The lowest BCUT2D eigenvalue weighted by molar-refractivity contribution is 0.294. The Morgan fingerprint density at radius 3 is 2.58 bits per heavy atom. The van der Waals surface area contributed by atoms with Gasteiger partial charge in [0.1, 0.15) is 12.4 Å². The summed E-state index contributed by atoms with van der Waals surface area (Å²) in [4.78, 5) is 4.17. The van der Waals surface area contributed by atoms with Gasteiger partial charge in [0, 0.05) is 6.54 Å². The van der Waals surface area contributed by atoms with Crippen LogP contribution in [0, 0.1) is 0 Å². The van der Waals surface area contributed by atoms with E-state index in [1.165, 1.54) is 5.56 Å². The van der Waals surface area contributed by atoms with E-state index in [0.717, 1.165) is 24.4 Å². The number of ether oxygens (including phenoxy) is 1. The van der Waals surface area contributed by atoms with Crippen molar-refractivity contribution in [3.63, 3.8) is 0 Å². The van der Waals surface area contributed by atoms with E-state index in [-0.39, 0.29) is 0 Å². The summed E-state index contributed by atoms with van der Waals surface area (Å²) in [5, 5.41) is 0. The van der Waals surface area contributed by atoms with Crippen LogP contribution >= 0.6 is 0 Å². The highest BCUT2D eigenvalue weighted by molar-refractivity contribution is 5.29. The van der Waals surface area contributed by atoms with E-state index in [4.69, 9.17) is 4.74 Å². The summed E-state index contributed by atoms with van der Waals surface area (Å²) in [6.45, 7) is 8.11. The van der Waals surface area contributed by atoms with E-state index in [9.17, 15) is 0 Å². The molecule has 2 rings (SSSR count). The molecule has 0 aliphatic carbocycles. The third-order valence-electron chi connectivity index (χ3n) is 3.20. The molecule has 3 nitrogen and oxygen atoms in total. The zero-order valence-corrected chi connectivity index (χ0v) is 12.0. The van der Waals surface area contributed by atoms with Crippen molar-refractivity contribution in [1.82, 2.24) is 9.55 Å². The molecule has 0 fully saturated rings. The molecule has 0 N–H and O–H groups in total. The molecule has 1 heterocycles. The van der Waals surface area contributed by atoms with Gasteiger partial charge in [-0.25, -0.2) is 4.98 Å². The minimum absolute atomic E-state index is 0.556. The fourth-order valence-electron chi connectivity index (χ4n) is 2.02. The topological polar surface area (TPSA) is 27.1 Å². The van der Waals surface area contributed by atoms with Crippen LogP contribution in [0.2, 0.25) is 0 Å². The van der Waals surface area contributed by atoms with Crippen molar-refractivity contribution in [3.8, 4) is 5.75 Å². The van der Waals surface area contributed by atoms with Crippen LogP contribution in [-0.2, 0) is 13.2 Å². The molecule has 0 aliphatic rings. The minimum atomic E-state index is 0.556. The molecule has 3 heteroatoms. The number of hydrogen-bond donors (Lipinski definition) is 0. The highest BCUT2D eigenvalue weighted by atomic mass is 16.5. The molecule has 0 saturated heterocycles. The highest BCUT2D eigenvalue weighted by Crippen LogP contribution is 2.19. The second-order valence-electron chi connectivity index (χ2n) is 5.09. The monoisotopic (exact) mass is 258 g/mol. The Hall–Kier alpha value is -1.77. The Morgan fingerprint density at radius 1 is 1.21 bits per heavy atom. The Labute approximate surface area is 115 Å². The van der Waals surface area contributed by atoms with Crippen LogP contribution in [0.15, 0.2) is 36.8 Å². The van der Waals surface area contributed by atoms with Crippen LogP contribution in [0.1, 0.15) is 44.4 Å². The summed E-state index contributed by atoms with van der Waals surface area (Å²) in [5.41, 5.74) is 2.46. The van der Waals surface area contributed by atoms with Crippen LogP contribution in [0.4, 0.5) is 0 Å². The van der Waals surface area contributed by atoms with Crippen molar-refractivity contribution in [1.29, 1.82) is 0 Å². The maximum absolute atomic E-state index is 5.81. The SMILES string of the molecule is CCCn1cncc1COc1ccc(C(C)C)cc1. The first-order valence-electron chi connectivity index (χ1n) is 6.92. The van der Waals surface area contributed by atoms with Gasteiger partial charge in [0.25, 0.3) is 0 Å². The number of hydrogen-bond acceptors (Lipinski definition) is 2. The summed E-state index contributed by atoms with van der Waals surface area (Å²) in [7, 11) is 0. The average molecular weight is 258 g/mol. The van der Waals surface area contributed by atoms with Crippen molar-refractivity contribution in [2.75, 3.05) is 0 Å². The fourth-order valence-corrected chi connectivity index (χ4v) is 2.02. The Morgan fingerprint density at radius 2 is 1.95 bits per heavy atom. The molecular weight excluding hydrogens is 236 g/mol. The van der Waals surface area contributed by atoms with Gasteiger partial charge in [-0.15, -0.1) is 0 Å². The van der Waals surface area contributed by atoms with Gasteiger partial charge >= 0.3 is 0 Å². The summed E-state index contributed by atoms with van der Waals surface area (Å²) in [5.74, 6) is 1.47. The molecule has 1 aromatic carbocycles. The van der Waals surface area contributed by atoms with Crippen LogP contribution in [0.25, 0.3) is 0 Å². The van der Waals surface area contributed by atoms with Gasteiger partial charge in [0.15, 0.2) is 0 Å². The van der Waals surface area contributed by atoms with Gasteiger partial charge in [0.05, 0.1) is 18.2 Å². The molecule has 0 spiro atoms. The van der Waals surface area contributed by atoms with Crippen LogP contribution in [0.5, 0.6) is 5.75 Å². The van der Waals surface area contributed by atoms with E-state index >= 15 is 0 Å². The second kappa shape index (κ2) is 6.41. The van der Waals surface area contributed by atoms with Crippen molar-refractivity contribution in [2.45, 2.75) is 46.3 Å². The van der Waals surface area contributed by atoms with Crippen molar-refractivity contribution < 1.29 is 4.74 Å². The number of imidazole rings is 1. The summed E-state index contributed by atoms with van der Waals surface area (Å²) in [6.07, 6.45) is 4.84. The average Bonchev–Trinajstić information content (AvgIpc) is 2.85. The lowest BCUT2D eigenvalue weighted by Crippen LogP contribution is -2.05. The zero-order valence-electron chi connectivity index (χ0n) is 12.0. The Balaban J connectivity index is 1.96. The molecule has 19 heavy (non-hydrogen) atoms. The predicted molar refractivity (Wildman–Crippen MR) is 77.4 cm³/mol. The lowest BCUT2D eigenvalue weighted by atomic mass is 10.0. The third kappa shape index (κ3) is 3.60. The van der Waals surface area contributed by atoms with E-state index in [1.807, 2.05) is 24.7 Å². The molecule has 2 aromatic rings. The summed E-state index contributed by atoms with van der Waals surface area (Å²) >= 11 is 0. The number of benzene rings is 1. The molecule has 0 saturated carbocycles. The smallest absolute Gasteiger partial charge is 0.130 e. The molecule has 0 amide bonds. The largest absolute Gasteiger partial charge is 0.487 e. The van der Waals surface area contributed by atoms with Crippen LogP contribution in [0.3, 0.4) is 0 Å². The summed E-state index contributed by atoms with van der Waals surface area (Å²) < 4.78 is 7.95. The van der Waals surface area contributed by atoms with Crippen molar-refractivity contribution in [2.24, 2.45) is 0 Å². The Kier molecular flexibility index (Phi) is 4.61. The quantitative estimate of drug-likeness (QED) is 0.783. The maximum atomic E-state index is 5.81. The molecule has 0 bridgehead atoms. The maximum Gasteiger partial charge on any atom is 0.130 e. The van der Waals surface area contributed by atoms with Gasteiger partial charge in [-0.3, -0.25) is 0 Å². The standard InChI is InChI=1S/C16H22N2O/c1-4-9-18-12-17-10-15(18)11-19-16-7-5-14(6-8-16)13(2)3/h5-8,10,12-13H,4,9,11H2,1-3H3. The molecule has 0 aliphatic heterocycles. The number of aromatic nitrogens is 2. The van der Waals surface area contributed by atoms with Gasteiger partial charge in [-0.1, -0.05) is 32.9 Å². The fraction of sp³-hybridized carbons (Fsp3) is 0.438. The van der Waals surface area contributed by atoms with Gasteiger partial charge < -0.3 is 9.30 Å². The van der Waals surface area contributed by atoms with E-state index in [1.54, 1.807) is 0 Å². The molecular formula is C16H22N2O. The first-order chi connectivity index (χ1) is 9.20. The summed E-state index contributed by atoms with van der Waals surface area (Å²) in [6, 6.07) is 8.33.